The number of hydrogen-bond donors (Lipinski definition) is 0. The predicted octanol–water partition coefficient (Wildman–Crippen LogP) is 4.43. The Morgan fingerprint density at radius 2 is 2.04 bits per heavy atom. The minimum Gasteiger partial charge on any atom is -0.497 e. The number of furan rings is 1. The number of fused-ring (bicyclic) bond motifs is 4. The van der Waals surface area contributed by atoms with E-state index in [-0.39, 0.29) is 5.41 Å². The Bertz CT molecular complexity index is 960. The number of piperidine rings is 1. The lowest BCUT2D eigenvalue weighted by atomic mass is 9.59. The number of ether oxygens (including phenoxy) is 1. The maximum Gasteiger partial charge on any atom is 0.134 e. The van der Waals surface area contributed by atoms with Gasteiger partial charge in [-0.05, 0) is 56.1 Å². The topological polar surface area (TPSA) is 25.6 Å². The van der Waals surface area contributed by atoms with Gasteiger partial charge in [-0.15, -0.1) is 0 Å². The van der Waals surface area contributed by atoms with E-state index in [9.17, 15) is 0 Å². The fourth-order valence-corrected chi connectivity index (χ4v) is 5.19. The van der Waals surface area contributed by atoms with Gasteiger partial charge >= 0.3 is 0 Å². The molecule has 1 aliphatic heterocycles. The van der Waals surface area contributed by atoms with Gasteiger partial charge in [0, 0.05) is 29.3 Å². The molecule has 3 nitrogen and oxygen atoms in total. The van der Waals surface area contributed by atoms with E-state index in [2.05, 4.69) is 54.4 Å². The summed E-state index contributed by atoms with van der Waals surface area (Å²) >= 11 is 0. The minimum atomic E-state index is 0.141. The van der Waals surface area contributed by atoms with Crippen molar-refractivity contribution in [2.24, 2.45) is 5.92 Å². The summed E-state index contributed by atoms with van der Waals surface area (Å²) in [7, 11) is 4.00. The molecule has 1 fully saturated rings. The largest absolute Gasteiger partial charge is 0.497 e. The third-order valence-corrected chi connectivity index (χ3v) is 6.61. The molecule has 0 N–H and O–H groups in total. The van der Waals surface area contributed by atoms with Crippen molar-refractivity contribution in [1.82, 2.24) is 4.90 Å². The summed E-state index contributed by atoms with van der Waals surface area (Å²) in [4.78, 5) is 2.48. The molecule has 2 atom stereocenters. The molecule has 0 saturated carbocycles. The number of likely N-dealkylation sites (tertiary alicyclic amines) is 1. The first-order valence-corrected chi connectivity index (χ1v) is 9.52. The van der Waals surface area contributed by atoms with E-state index in [1.165, 1.54) is 22.3 Å². The molecular formula is C23H25NO2. The van der Waals surface area contributed by atoms with Gasteiger partial charge in [-0.3, -0.25) is 0 Å². The molecule has 2 aliphatic rings. The first kappa shape index (κ1) is 16.0. The summed E-state index contributed by atoms with van der Waals surface area (Å²) in [5, 5.41) is 1.30. The van der Waals surface area contributed by atoms with Crippen molar-refractivity contribution in [3.63, 3.8) is 0 Å². The summed E-state index contributed by atoms with van der Waals surface area (Å²) in [6, 6.07) is 17.2. The molecule has 0 bridgehead atoms. The Morgan fingerprint density at radius 3 is 2.92 bits per heavy atom. The van der Waals surface area contributed by atoms with Gasteiger partial charge in [0.1, 0.15) is 17.1 Å². The predicted molar refractivity (Wildman–Crippen MR) is 104 cm³/mol. The number of nitrogens with zero attached hydrogens (tertiary/aromatic N) is 1. The lowest BCUT2D eigenvalue weighted by Crippen LogP contribution is -2.52. The smallest absolute Gasteiger partial charge is 0.134 e. The monoisotopic (exact) mass is 347 g/mol. The van der Waals surface area contributed by atoms with E-state index in [4.69, 9.17) is 9.15 Å². The van der Waals surface area contributed by atoms with Crippen LogP contribution < -0.4 is 4.74 Å². The van der Waals surface area contributed by atoms with Crippen molar-refractivity contribution in [2.45, 2.75) is 24.7 Å². The minimum absolute atomic E-state index is 0.141. The van der Waals surface area contributed by atoms with E-state index < -0.39 is 0 Å². The van der Waals surface area contributed by atoms with Crippen LogP contribution in [-0.4, -0.2) is 32.1 Å². The first-order chi connectivity index (χ1) is 12.7. The zero-order valence-corrected chi connectivity index (χ0v) is 15.5. The van der Waals surface area contributed by atoms with Crippen molar-refractivity contribution in [3.8, 4) is 5.75 Å². The maximum absolute atomic E-state index is 6.32. The Labute approximate surface area is 154 Å². The second-order valence-corrected chi connectivity index (χ2v) is 7.98. The Morgan fingerprint density at radius 1 is 1.15 bits per heavy atom. The van der Waals surface area contributed by atoms with Crippen molar-refractivity contribution in [3.05, 3.63) is 65.4 Å². The van der Waals surface area contributed by atoms with Gasteiger partial charge in [-0.1, -0.05) is 30.3 Å². The molecule has 5 rings (SSSR count). The summed E-state index contributed by atoms with van der Waals surface area (Å²) < 4.78 is 11.9. The lowest BCUT2D eigenvalue weighted by molar-refractivity contribution is 0.0944. The Balaban J connectivity index is 1.66. The van der Waals surface area contributed by atoms with Crippen LogP contribution in [0.25, 0.3) is 11.0 Å². The summed E-state index contributed by atoms with van der Waals surface area (Å²) in [5.74, 6) is 2.74. The van der Waals surface area contributed by atoms with Crippen molar-refractivity contribution >= 4 is 11.0 Å². The van der Waals surface area contributed by atoms with E-state index in [1.54, 1.807) is 7.11 Å². The highest BCUT2D eigenvalue weighted by Crippen LogP contribution is 2.50. The lowest BCUT2D eigenvalue weighted by Gasteiger charge is -2.50. The fraction of sp³-hybridized carbons (Fsp3) is 0.391. The second-order valence-electron chi connectivity index (χ2n) is 7.98. The molecule has 1 saturated heterocycles. The van der Waals surface area contributed by atoms with Gasteiger partial charge < -0.3 is 14.1 Å². The molecule has 0 spiro atoms. The molecule has 26 heavy (non-hydrogen) atoms. The van der Waals surface area contributed by atoms with E-state index in [0.717, 1.165) is 43.7 Å². The van der Waals surface area contributed by atoms with Gasteiger partial charge in [0.15, 0.2) is 0 Å². The summed E-state index contributed by atoms with van der Waals surface area (Å²) in [5.41, 5.74) is 4.01. The molecular weight excluding hydrogens is 322 g/mol. The van der Waals surface area contributed by atoms with E-state index in [1.807, 2.05) is 6.07 Å². The zero-order valence-electron chi connectivity index (χ0n) is 15.5. The van der Waals surface area contributed by atoms with Crippen LogP contribution in [0.2, 0.25) is 0 Å². The quantitative estimate of drug-likeness (QED) is 0.686. The highest BCUT2D eigenvalue weighted by atomic mass is 16.5. The number of rotatable bonds is 2. The first-order valence-electron chi connectivity index (χ1n) is 9.52. The number of benzene rings is 2. The van der Waals surface area contributed by atoms with Crippen molar-refractivity contribution in [2.75, 3.05) is 27.2 Å². The molecule has 0 radical (unpaired) electrons. The average molecular weight is 347 g/mol. The molecule has 3 heteroatoms. The van der Waals surface area contributed by atoms with Crippen LogP contribution in [-0.2, 0) is 18.3 Å². The number of methoxy groups -OCH3 is 1. The fourth-order valence-electron chi connectivity index (χ4n) is 5.19. The van der Waals surface area contributed by atoms with E-state index in [0.29, 0.717) is 5.92 Å². The van der Waals surface area contributed by atoms with Crippen LogP contribution in [0.3, 0.4) is 0 Å². The van der Waals surface area contributed by atoms with Crippen LogP contribution in [0.15, 0.2) is 52.9 Å². The van der Waals surface area contributed by atoms with Crippen LogP contribution in [0.5, 0.6) is 5.75 Å². The standard InChI is InChI=1S/C23H25NO2/c1-24-11-10-23(16-6-5-7-18(12-16)25-2)14-22-20(13-17(23)15-24)19-8-3-4-9-21(19)26-22/h3-9,12,17H,10-11,13-15H2,1-2H3/t17?,23-/m1/s1. The van der Waals surface area contributed by atoms with Crippen molar-refractivity contribution < 1.29 is 9.15 Å². The molecule has 2 aromatic carbocycles. The summed E-state index contributed by atoms with van der Waals surface area (Å²) in [6.07, 6.45) is 3.24. The molecule has 1 aromatic heterocycles. The van der Waals surface area contributed by atoms with Crippen molar-refractivity contribution in [1.29, 1.82) is 0 Å². The molecule has 0 amide bonds. The molecule has 134 valence electrons. The van der Waals surface area contributed by atoms with Gasteiger partial charge in [0.2, 0.25) is 0 Å². The Kier molecular flexibility index (Phi) is 3.61. The molecule has 1 unspecified atom stereocenters. The zero-order chi connectivity index (χ0) is 17.7. The van der Waals surface area contributed by atoms with Crippen LogP contribution in [0, 0.1) is 5.92 Å². The summed E-state index contributed by atoms with van der Waals surface area (Å²) in [6.45, 7) is 2.26. The van der Waals surface area contributed by atoms with Crippen LogP contribution in [0.1, 0.15) is 23.3 Å². The SMILES string of the molecule is COc1cccc([C@]23CCN(C)CC2Cc2c(oc4ccccc24)C3)c1. The number of hydrogen-bond acceptors (Lipinski definition) is 3. The van der Waals surface area contributed by atoms with Gasteiger partial charge in [0.05, 0.1) is 7.11 Å². The molecule has 3 aromatic rings. The third kappa shape index (κ3) is 2.30. The Hall–Kier alpha value is -2.26. The van der Waals surface area contributed by atoms with Gasteiger partial charge in [-0.25, -0.2) is 0 Å². The highest BCUT2D eigenvalue weighted by Gasteiger charge is 2.48. The average Bonchev–Trinajstić information content (AvgIpc) is 3.03. The van der Waals surface area contributed by atoms with Gasteiger partial charge in [-0.2, -0.15) is 0 Å². The van der Waals surface area contributed by atoms with Gasteiger partial charge in [0.25, 0.3) is 0 Å². The maximum atomic E-state index is 6.32. The van der Waals surface area contributed by atoms with E-state index >= 15 is 0 Å². The third-order valence-electron chi connectivity index (χ3n) is 6.61. The second kappa shape index (κ2) is 5.88. The highest BCUT2D eigenvalue weighted by molar-refractivity contribution is 5.82. The van der Waals surface area contributed by atoms with Crippen LogP contribution >= 0.6 is 0 Å². The number of para-hydroxylation sites is 1. The normalized spacial score (nSPS) is 25.7. The van der Waals surface area contributed by atoms with Crippen LogP contribution in [0.4, 0.5) is 0 Å². The molecule has 1 aliphatic carbocycles. The molecule has 2 heterocycles.